The van der Waals surface area contributed by atoms with Gasteiger partial charge in [0.25, 0.3) is 0 Å². The van der Waals surface area contributed by atoms with Crippen molar-refractivity contribution in [3.05, 3.63) is 66.7 Å². The average molecular weight is 400 g/mol. The number of hydrogen-bond acceptors (Lipinski definition) is 4. The van der Waals surface area contributed by atoms with Crippen molar-refractivity contribution in [1.82, 2.24) is 19.7 Å². The lowest BCUT2D eigenvalue weighted by Crippen LogP contribution is -2.10. The minimum absolute atomic E-state index is 0.589. The van der Waals surface area contributed by atoms with Gasteiger partial charge in [0.2, 0.25) is 0 Å². The third kappa shape index (κ3) is 4.01. The predicted molar refractivity (Wildman–Crippen MR) is 104 cm³/mol. The largest absolute Gasteiger partial charge is 0.398 e. The lowest BCUT2D eigenvalue weighted by atomic mass is 10.1. The molecule has 0 bridgehead atoms. The van der Waals surface area contributed by atoms with Crippen LogP contribution in [0.2, 0.25) is 0 Å². The number of halogens is 3. The van der Waals surface area contributed by atoms with Gasteiger partial charge in [-0.15, -0.1) is 16.9 Å². The van der Waals surface area contributed by atoms with Crippen LogP contribution in [0.15, 0.2) is 66.1 Å². The van der Waals surface area contributed by atoms with E-state index in [4.69, 9.17) is 0 Å². The second kappa shape index (κ2) is 7.27. The van der Waals surface area contributed by atoms with Gasteiger partial charge in [-0.05, 0) is 42.3 Å². The first-order valence-electron chi connectivity index (χ1n) is 8.45. The van der Waals surface area contributed by atoms with Crippen molar-refractivity contribution in [2.75, 3.05) is 5.75 Å². The van der Waals surface area contributed by atoms with Crippen molar-refractivity contribution in [3.8, 4) is 16.8 Å². The SMILES string of the molecule is Cc1ccc(-c2cnc3nn(-c4cccnc4)cc3c2)cc1SCC(F)(F)F. The highest BCUT2D eigenvalue weighted by atomic mass is 32.2. The molecule has 0 radical (unpaired) electrons. The zero-order valence-electron chi connectivity index (χ0n) is 14.8. The lowest BCUT2D eigenvalue weighted by molar-refractivity contribution is -0.105. The molecule has 4 aromatic rings. The molecule has 0 N–H and O–H groups in total. The van der Waals surface area contributed by atoms with Crippen LogP contribution in [0.5, 0.6) is 0 Å². The highest BCUT2D eigenvalue weighted by molar-refractivity contribution is 7.99. The van der Waals surface area contributed by atoms with Crippen molar-refractivity contribution >= 4 is 22.8 Å². The number of rotatable bonds is 4. The second-order valence-electron chi connectivity index (χ2n) is 6.31. The lowest BCUT2D eigenvalue weighted by Gasteiger charge is -2.10. The van der Waals surface area contributed by atoms with E-state index in [2.05, 4.69) is 15.1 Å². The molecule has 0 aliphatic carbocycles. The molecule has 0 saturated heterocycles. The van der Waals surface area contributed by atoms with E-state index in [0.717, 1.165) is 39.5 Å². The number of aryl methyl sites for hydroxylation is 1. The van der Waals surface area contributed by atoms with Crippen LogP contribution in [0, 0.1) is 6.92 Å². The molecule has 0 spiro atoms. The van der Waals surface area contributed by atoms with Gasteiger partial charge in [0.15, 0.2) is 5.65 Å². The predicted octanol–water partition coefficient (Wildman–Crippen LogP) is 5.45. The fourth-order valence-corrected chi connectivity index (χ4v) is 3.62. The summed E-state index contributed by atoms with van der Waals surface area (Å²) < 4.78 is 39.4. The van der Waals surface area contributed by atoms with Crippen molar-refractivity contribution < 1.29 is 13.2 Å². The first kappa shape index (κ1) is 18.5. The van der Waals surface area contributed by atoms with Crippen molar-refractivity contribution in [3.63, 3.8) is 0 Å². The van der Waals surface area contributed by atoms with Gasteiger partial charge in [0, 0.05) is 34.4 Å². The summed E-state index contributed by atoms with van der Waals surface area (Å²) in [6.45, 7) is 1.81. The third-order valence-electron chi connectivity index (χ3n) is 4.18. The average Bonchev–Trinajstić information content (AvgIpc) is 3.11. The van der Waals surface area contributed by atoms with Gasteiger partial charge >= 0.3 is 6.18 Å². The molecule has 4 rings (SSSR count). The van der Waals surface area contributed by atoms with Gasteiger partial charge in [-0.2, -0.15) is 13.2 Å². The molecule has 0 unspecified atom stereocenters. The highest BCUT2D eigenvalue weighted by Gasteiger charge is 2.27. The first-order valence-corrected chi connectivity index (χ1v) is 9.44. The van der Waals surface area contributed by atoms with Gasteiger partial charge in [0.1, 0.15) is 0 Å². The monoisotopic (exact) mass is 400 g/mol. The van der Waals surface area contributed by atoms with Crippen LogP contribution < -0.4 is 0 Å². The number of pyridine rings is 2. The normalized spacial score (nSPS) is 11.9. The zero-order chi connectivity index (χ0) is 19.7. The molecule has 3 aromatic heterocycles. The summed E-state index contributed by atoms with van der Waals surface area (Å²) in [5, 5.41) is 5.28. The van der Waals surface area contributed by atoms with E-state index < -0.39 is 11.9 Å². The molecule has 0 aliphatic heterocycles. The van der Waals surface area contributed by atoms with Crippen LogP contribution in [-0.2, 0) is 0 Å². The van der Waals surface area contributed by atoms with Crippen LogP contribution in [0.3, 0.4) is 0 Å². The molecular formula is C20H15F3N4S. The Labute approximate surface area is 163 Å². The molecular weight excluding hydrogens is 385 g/mol. The summed E-state index contributed by atoms with van der Waals surface area (Å²) >= 11 is 0.799. The van der Waals surface area contributed by atoms with Crippen LogP contribution in [0.25, 0.3) is 27.8 Å². The van der Waals surface area contributed by atoms with Gasteiger partial charge in [-0.25, -0.2) is 9.67 Å². The molecule has 0 atom stereocenters. The van der Waals surface area contributed by atoms with Crippen LogP contribution >= 0.6 is 11.8 Å². The number of nitrogens with zero attached hydrogens (tertiary/aromatic N) is 4. The van der Waals surface area contributed by atoms with Gasteiger partial charge < -0.3 is 0 Å². The maximum Gasteiger partial charge on any atom is 0.398 e. The fourth-order valence-electron chi connectivity index (χ4n) is 2.79. The van der Waals surface area contributed by atoms with Crippen molar-refractivity contribution in [2.24, 2.45) is 0 Å². The Bertz CT molecular complexity index is 1120. The Hall–Kier alpha value is -2.87. The van der Waals surface area contributed by atoms with E-state index in [1.807, 2.05) is 43.5 Å². The molecule has 0 fully saturated rings. The molecule has 0 amide bonds. The molecule has 28 heavy (non-hydrogen) atoms. The Morgan fingerprint density at radius 1 is 1.07 bits per heavy atom. The number of hydrogen-bond donors (Lipinski definition) is 0. The number of benzene rings is 1. The summed E-state index contributed by atoms with van der Waals surface area (Å²) in [5.74, 6) is -0.910. The number of fused-ring (bicyclic) bond motifs is 1. The molecule has 3 heterocycles. The summed E-state index contributed by atoms with van der Waals surface area (Å²) in [6, 6.07) is 11.2. The molecule has 0 aliphatic rings. The zero-order valence-corrected chi connectivity index (χ0v) is 15.6. The number of aromatic nitrogens is 4. The summed E-state index contributed by atoms with van der Waals surface area (Å²) in [4.78, 5) is 9.10. The van der Waals surface area contributed by atoms with Gasteiger partial charge in [-0.1, -0.05) is 12.1 Å². The van der Waals surface area contributed by atoms with Gasteiger partial charge in [-0.3, -0.25) is 4.98 Å². The maximum atomic E-state index is 12.6. The summed E-state index contributed by atoms with van der Waals surface area (Å²) in [7, 11) is 0. The van der Waals surface area contributed by atoms with Crippen LogP contribution in [-0.4, -0.2) is 31.7 Å². The molecule has 4 nitrogen and oxygen atoms in total. The van der Waals surface area contributed by atoms with E-state index >= 15 is 0 Å². The third-order valence-corrected chi connectivity index (χ3v) is 5.40. The van der Waals surface area contributed by atoms with Crippen LogP contribution in [0.4, 0.5) is 13.2 Å². The maximum absolute atomic E-state index is 12.6. The molecule has 0 saturated carbocycles. The van der Waals surface area contributed by atoms with E-state index in [0.29, 0.717) is 10.5 Å². The summed E-state index contributed by atoms with van der Waals surface area (Å²) in [6.07, 6.45) is 2.74. The number of alkyl halides is 3. The topological polar surface area (TPSA) is 43.6 Å². The van der Waals surface area contributed by atoms with E-state index in [9.17, 15) is 13.2 Å². The minimum atomic E-state index is -4.20. The van der Waals surface area contributed by atoms with E-state index in [1.54, 1.807) is 29.3 Å². The quantitative estimate of drug-likeness (QED) is 0.428. The Kier molecular flexibility index (Phi) is 4.80. The number of thioether (sulfide) groups is 1. The molecule has 8 heteroatoms. The standard InChI is InChI=1S/C20H15F3N4S/c1-13-4-5-14(8-18(13)28-12-20(21,22)23)15-7-16-11-27(26-19(16)25-9-15)17-3-2-6-24-10-17/h2-11H,12H2,1H3. The second-order valence-corrected chi connectivity index (χ2v) is 7.32. The molecule has 1 aromatic carbocycles. The highest BCUT2D eigenvalue weighted by Crippen LogP contribution is 2.33. The van der Waals surface area contributed by atoms with Gasteiger partial charge in [0.05, 0.1) is 17.6 Å². The van der Waals surface area contributed by atoms with Crippen LogP contribution in [0.1, 0.15) is 5.56 Å². The Morgan fingerprint density at radius 3 is 2.68 bits per heavy atom. The Morgan fingerprint density at radius 2 is 1.93 bits per heavy atom. The van der Waals surface area contributed by atoms with Crippen molar-refractivity contribution in [1.29, 1.82) is 0 Å². The smallest absolute Gasteiger partial charge is 0.262 e. The molecule has 142 valence electrons. The minimum Gasteiger partial charge on any atom is -0.262 e. The van der Waals surface area contributed by atoms with Crippen molar-refractivity contribution in [2.45, 2.75) is 18.0 Å². The van der Waals surface area contributed by atoms with E-state index in [1.165, 1.54) is 0 Å². The van der Waals surface area contributed by atoms with E-state index in [-0.39, 0.29) is 0 Å². The first-order chi connectivity index (χ1) is 13.4. The Balaban J connectivity index is 1.67. The summed E-state index contributed by atoms with van der Waals surface area (Å²) in [5.41, 5.74) is 3.87. The fraction of sp³-hybridized carbons (Fsp3) is 0.150.